The van der Waals surface area contributed by atoms with E-state index in [-0.39, 0.29) is 0 Å². The second kappa shape index (κ2) is 4.21. The van der Waals surface area contributed by atoms with Gasteiger partial charge < -0.3 is 11.1 Å². The number of anilines is 2. The van der Waals surface area contributed by atoms with Gasteiger partial charge in [0.1, 0.15) is 0 Å². The summed E-state index contributed by atoms with van der Waals surface area (Å²) < 4.78 is -2.00. The second-order valence-corrected chi connectivity index (χ2v) is 4.70. The number of hydrogen-bond acceptors (Lipinski definition) is 3. The van der Waals surface area contributed by atoms with Gasteiger partial charge in [-0.3, -0.25) is 9.78 Å². The summed E-state index contributed by atoms with van der Waals surface area (Å²) in [5, 5.41) is 2.35. The average molecular weight is 255 g/mol. The first-order valence-electron chi connectivity index (χ1n) is 3.49. The number of carbonyl (C=O) groups excluding carboxylic acids is 1. The lowest BCUT2D eigenvalue weighted by atomic mass is 10.3. The zero-order chi connectivity index (χ0) is 10.8. The molecule has 14 heavy (non-hydrogen) atoms. The quantitative estimate of drug-likeness (QED) is 0.753. The molecular weight excluding hydrogens is 248 g/mol. The number of nitrogens with two attached hydrogens (primary N) is 1. The zero-order valence-corrected chi connectivity index (χ0v) is 9.07. The van der Waals surface area contributed by atoms with Crippen LogP contribution in [0.3, 0.4) is 0 Å². The number of carbonyl (C=O) groups is 1. The van der Waals surface area contributed by atoms with E-state index in [2.05, 4.69) is 10.3 Å². The van der Waals surface area contributed by atoms with Crippen molar-refractivity contribution in [2.75, 3.05) is 11.1 Å². The summed E-state index contributed by atoms with van der Waals surface area (Å²) in [6, 6.07) is 1.50. The molecule has 0 bridgehead atoms. The van der Waals surface area contributed by atoms with Gasteiger partial charge in [-0.15, -0.1) is 0 Å². The molecule has 7 heteroatoms. The molecule has 0 aliphatic rings. The van der Waals surface area contributed by atoms with E-state index >= 15 is 0 Å². The Morgan fingerprint density at radius 3 is 2.64 bits per heavy atom. The molecule has 0 radical (unpaired) electrons. The van der Waals surface area contributed by atoms with E-state index in [4.69, 9.17) is 40.5 Å². The van der Waals surface area contributed by atoms with Gasteiger partial charge in [0.25, 0.3) is 9.70 Å². The maximum atomic E-state index is 11.2. The number of pyridine rings is 1. The van der Waals surface area contributed by atoms with E-state index in [0.717, 1.165) is 0 Å². The number of alkyl halides is 3. The Hall–Kier alpha value is -0.710. The van der Waals surface area contributed by atoms with Crippen molar-refractivity contribution in [2.45, 2.75) is 3.79 Å². The van der Waals surface area contributed by atoms with E-state index in [9.17, 15) is 4.79 Å². The SMILES string of the molecule is Nc1cnccc1NC(=O)C(Cl)(Cl)Cl. The van der Waals surface area contributed by atoms with Crippen LogP contribution >= 0.6 is 34.8 Å². The minimum Gasteiger partial charge on any atom is -0.396 e. The standard InChI is InChI=1S/C7H6Cl3N3O/c8-7(9,10)6(14)13-5-1-2-12-3-4(5)11/h1-3H,11H2,(H,12,13,14). The fraction of sp³-hybridized carbons (Fsp3) is 0.143. The summed E-state index contributed by atoms with van der Waals surface area (Å²) >= 11 is 16.0. The van der Waals surface area contributed by atoms with Crippen molar-refractivity contribution >= 4 is 52.1 Å². The highest BCUT2D eigenvalue weighted by Crippen LogP contribution is 2.28. The fourth-order valence-corrected chi connectivity index (χ4v) is 0.855. The molecule has 3 N–H and O–H groups in total. The van der Waals surface area contributed by atoms with Gasteiger partial charge in [-0.2, -0.15) is 0 Å². The Bertz CT molecular complexity index is 350. The molecule has 1 aromatic rings. The Kier molecular flexibility index (Phi) is 3.42. The highest BCUT2D eigenvalue weighted by atomic mass is 35.6. The van der Waals surface area contributed by atoms with E-state index in [0.29, 0.717) is 11.4 Å². The molecular formula is C7H6Cl3N3O. The number of nitrogen functional groups attached to an aromatic ring is 1. The van der Waals surface area contributed by atoms with Gasteiger partial charge in [0.2, 0.25) is 0 Å². The normalized spacial score (nSPS) is 11.1. The summed E-state index contributed by atoms with van der Waals surface area (Å²) in [5.74, 6) is -0.764. The minimum atomic E-state index is -2.00. The fourth-order valence-electron chi connectivity index (χ4n) is 0.714. The van der Waals surface area contributed by atoms with E-state index < -0.39 is 9.70 Å². The molecule has 0 aliphatic carbocycles. The van der Waals surface area contributed by atoms with Gasteiger partial charge in [0, 0.05) is 6.20 Å². The number of aromatic nitrogens is 1. The lowest BCUT2D eigenvalue weighted by Gasteiger charge is -2.12. The minimum absolute atomic E-state index is 0.301. The van der Waals surface area contributed by atoms with Gasteiger partial charge in [-0.05, 0) is 6.07 Å². The van der Waals surface area contributed by atoms with Crippen LogP contribution in [0.1, 0.15) is 0 Å². The molecule has 1 aromatic heterocycles. The number of amides is 1. The predicted octanol–water partition coefficient (Wildman–Crippen LogP) is 1.97. The summed E-state index contributed by atoms with van der Waals surface area (Å²) in [4.78, 5) is 14.9. The van der Waals surface area contributed by atoms with Crippen LogP contribution in [0.5, 0.6) is 0 Å². The smallest absolute Gasteiger partial charge is 0.276 e. The third-order valence-electron chi connectivity index (χ3n) is 1.36. The molecule has 0 aliphatic heterocycles. The molecule has 0 saturated carbocycles. The molecule has 1 rings (SSSR count). The highest BCUT2D eigenvalue weighted by Gasteiger charge is 2.30. The van der Waals surface area contributed by atoms with Gasteiger partial charge in [-0.25, -0.2) is 0 Å². The first kappa shape index (κ1) is 11.4. The van der Waals surface area contributed by atoms with Gasteiger partial charge in [0.15, 0.2) is 0 Å². The Morgan fingerprint density at radius 1 is 1.50 bits per heavy atom. The lowest BCUT2D eigenvalue weighted by molar-refractivity contribution is -0.115. The van der Waals surface area contributed by atoms with Crippen molar-refractivity contribution in [3.05, 3.63) is 18.5 Å². The van der Waals surface area contributed by atoms with Crippen LogP contribution in [0, 0.1) is 0 Å². The van der Waals surface area contributed by atoms with E-state index in [1.165, 1.54) is 18.5 Å². The van der Waals surface area contributed by atoms with Crippen molar-refractivity contribution in [2.24, 2.45) is 0 Å². The Balaban J connectivity index is 2.80. The van der Waals surface area contributed by atoms with Gasteiger partial charge in [-0.1, -0.05) is 34.8 Å². The molecule has 0 unspecified atom stereocenters. The van der Waals surface area contributed by atoms with Crippen LogP contribution in [0.15, 0.2) is 18.5 Å². The van der Waals surface area contributed by atoms with Crippen molar-refractivity contribution < 1.29 is 4.79 Å². The van der Waals surface area contributed by atoms with E-state index in [1.54, 1.807) is 0 Å². The largest absolute Gasteiger partial charge is 0.396 e. The average Bonchev–Trinajstić information content (AvgIpc) is 2.07. The second-order valence-electron chi connectivity index (χ2n) is 2.41. The van der Waals surface area contributed by atoms with Crippen LogP contribution in [0.4, 0.5) is 11.4 Å². The Labute approximate surface area is 95.3 Å². The van der Waals surface area contributed by atoms with Gasteiger partial charge >= 0.3 is 0 Å². The summed E-state index contributed by atoms with van der Waals surface area (Å²) in [6.45, 7) is 0. The van der Waals surface area contributed by atoms with Gasteiger partial charge in [0.05, 0.1) is 17.6 Å². The predicted molar refractivity (Wildman–Crippen MR) is 57.6 cm³/mol. The van der Waals surface area contributed by atoms with Crippen LogP contribution in [0.2, 0.25) is 0 Å². The van der Waals surface area contributed by atoms with Crippen molar-refractivity contribution in [1.29, 1.82) is 0 Å². The molecule has 0 atom stereocenters. The van der Waals surface area contributed by atoms with Crippen LogP contribution in [0.25, 0.3) is 0 Å². The molecule has 0 fully saturated rings. The van der Waals surface area contributed by atoms with Crippen molar-refractivity contribution in [3.63, 3.8) is 0 Å². The van der Waals surface area contributed by atoms with Crippen molar-refractivity contribution in [3.8, 4) is 0 Å². The number of nitrogens with zero attached hydrogens (tertiary/aromatic N) is 1. The number of hydrogen-bond donors (Lipinski definition) is 2. The molecule has 0 saturated heterocycles. The monoisotopic (exact) mass is 253 g/mol. The topological polar surface area (TPSA) is 68.0 Å². The lowest BCUT2D eigenvalue weighted by Crippen LogP contribution is -2.27. The number of nitrogens with one attached hydrogen (secondary N) is 1. The molecule has 4 nitrogen and oxygen atoms in total. The summed E-state index contributed by atoms with van der Waals surface area (Å²) in [7, 11) is 0. The van der Waals surface area contributed by atoms with E-state index in [1.807, 2.05) is 0 Å². The summed E-state index contributed by atoms with van der Waals surface area (Å²) in [5.41, 5.74) is 6.16. The van der Waals surface area contributed by atoms with Crippen LogP contribution in [-0.2, 0) is 4.79 Å². The first-order valence-corrected chi connectivity index (χ1v) is 4.62. The third kappa shape index (κ3) is 2.90. The number of halogens is 3. The summed E-state index contributed by atoms with van der Waals surface area (Å²) in [6.07, 6.45) is 2.85. The molecule has 0 aromatic carbocycles. The van der Waals surface area contributed by atoms with Crippen molar-refractivity contribution in [1.82, 2.24) is 4.98 Å². The Morgan fingerprint density at radius 2 is 2.14 bits per heavy atom. The molecule has 1 heterocycles. The molecule has 0 spiro atoms. The van der Waals surface area contributed by atoms with Crippen LogP contribution < -0.4 is 11.1 Å². The third-order valence-corrected chi connectivity index (χ3v) is 1.87. The molecule has 76 valence electrons. The highest BCUT2D eigenvalue weighted by molar-refractivity contribution is 6.76. The zero-order valence-electron chi connectivity index (χ0n) is 6.80. The molecule has 1 amide bonds. The maximum absolute atomic E-state index is 11.2. The first-order chi connectivity index (χ1) is 6.41. The maximum Gasteiger partial charge on any atom is 0.276 e. The number of rotatable bonds is 1. The van der Waals surface area contributed by atoms with Crippen LogP contribution in [-0.4, -0.2) is 14.7 Å².